The molecule has 0 atom stereocenters. The third-order valence-electron chi connectivity index (χ3n) is 2.82. The van der Waals surface area contributed by atoms with E-state index in [4.69, 9.17) is 16.0 Å². The van der Waals surface area contributed by atoms with E-state index in [2.05, 4.69) is 0 Å². The monoisotopic (exact) mass is 274 g/mol. The molecule has 0 bridgehead atoms. The zero-order chi connectivity index (χ0) is 13.4. The lowest BCUT2D eigenvalue weighted by atomic mass is 10.1. The third kappa shape index (κ3) is 2.13. The van der Waals surface area contributed by atoms with Gasteiger partial charge in [-0.25, -0.2) is 4.39 Å². The van der Waals surface area contributed by atoms with Crippen molar-refractivity contribution in [3.8, 4) is 0 Å². The molecular formula is C15H8ClFO2. The zero-order valence-electron chi connectivity index (χ0n) is 9.69. The number of benzene rings is 2. The molecule has 0 radical (unpaired) electrons. The molecule has 3 rings (SSSR count). The maximum absolute atomic E-state index is 13.6. The van der Waals surface area contributed by atoms with Crippen LogP contribution >= 0.6 is 11.6 Å². The summed E-state index contributed by atoms with van der Waals surface area (Å²) in [5.41, 5.74) is 0.539. The molecule has 2 aromatic carbocycles. The smallest absolute Gasteiger partial charge is 0.231 e. The molecule has 0 aliphatic heterocycles. The van der Waals surface area contributed by atoms with Gasteiger partial charge in [0.2, 0.25) is 5.78 Å². The number of hydrogen-bond donors (Lipinski definition) is 0. The molecule has 19 heavy (non-hydrogen) atoms. The highest BCUT2D eigenvalue weighted by Gasteiger charge is 2.17. The fourth-order valence-corrected chi connectivity index (χ4v) is 2.08. The lowest BCUT2D eigenvalue weighted by Gasteiger charge is -1.98. The summed E-state index contributed by atoms with van der Waals surface area (Å²) < 4.78 is 19.0. The lowest BCUT2D eigenvalue weighted by molar-refractivity contribution is 0.101. The quantitative estimate of drug-likeness (QED) is 0.646. The van der Waals surface area contributed by atoms with Crippen LogP contribution in [0, 0.1) is 5.82 Å². The van der Waals surface area contributed by atoms with Gasteiger partial charge in [-0.1, -0.05) is 23.7 Å². The zero-order valence-corrected chi connectivity index (χ0v) is 10.4. The van der Waals surface area contributed by atoms with Gasteiger partial charge in [-0.15, -0.1) is 0 Å². The highest BCUT2D eigenvalue weighted by molar-refractivity contribution is 6.31. The third-order valence-corrected chi connectivity index (χ3v) is 3.06. The van der Waals surface area contributed by atoms with Crippen molar-refractivity contribution >= 4 is 28.4 Å². The Morgan fingerprint density at radius 2 is 1.89 bits per heavy atom. The molecule has 1 heterocycles. The molecular weight excluding hydrogens is 267 g/mol. The molecule has 0 saturated heterocycles. The second-order valence-corrected chi connectivity index (χ2v) is 4.54. The summed E-state index contributed by atoms with van der Waals surface area (Å²) in [6, 6.07) is 12.4. The van der Waals surface area contributed by atoms with Gasteiger partial charge in [-0.3, -0.25) is 4.79 Å². The summed E-state index contributed by atoms with van der Waals surface area (Å²) in [6.45, 7) is 0. The van der Waals surface area contributed by atoms with E-state index in [1.807, 2.05) is 0 Å². The van der Waals surface area contributed by atoms with E-state index in [-0.39, 0.29) is 11.3 Å². The Labute approximate surface area is 113 Å². The summed E-state index contributed by atoms with van der Waals surface area (Å²) in [4.78, 5) is 12.2. The molecule has 3 aromatic rings. The van der Waals surface area contributed by atoms with Crippen LogP contribution in [0.4, 0.5) is 4.39 Å². The molecule has 0 unspecified atom stereocenters. The van der Waals surface area contributed by atoms with Crippen LogP contribution < -0.4 is 0 Å². The van der Waals surface area contributed by atoms with Crippen LogP contribution in [0.2, 0.25) is 5.02 Å². The van der Waals surface area contributed by atoms with Crippen molar-refractivity contribution in [2.45, 2.75) is 0 Å². The standard InChI is InChI=1S/C15H8ClFO2/c16-10-5-6-13-9(7-10)8-14(19-13)15(18)11-3-1-2-4-12(11)17/h1-8H. The number of carbonyl (C=O) groups is 1. The molecule has 4 heteroatoms. The average Bonchev–Trinajstić information content (AvgIpc) is 2.81. The molecule has 0 N–H and O–H groups in total. The van der Waals surface area contributed by atoms with Gasteiger partial charge < -0.3 is 4.42 Å². The van der Waals surface area contributed by atoms with Gasteiger partial charge in [-0.2, -0.15) is 0 Å². The number of hydrogen-bond acceptors (Lipinski definition) is 2. The average molecular weight is 275 g/mol. The van der Waals surface area contributed by atoms with E-state index in [1.54, 1.807) is 30.3 Å². The van der Waals surface area contributed by atoms with E-state index in [0.717, 1.165) is 0 Å². The number of halogens is 2. The molecule has 0 aliphatic carbocycles. The second-order valence-electron chi connectivity index (χ2n) is 4.10. The molecule has 0 amide bonds. The van der Waals surface area contributed by atoms with E-state index >= 15 is 0 Å². The van der Waals surface area contributed by atoms with Gasteiger partial charge >= 0.3 is 0 Å². The molecule has 0 spiro atoms. The van der Waals surface area contributed by atoms with Crippen molar-refractivity contribution < 1.29 is 13.6 Å². The summed E-state index contributed by atoms with van der Waals surface area (Å²) in [7, 11) is 0. The van der Waals surface area contributed by atoms with Crippen LogP contribution in [0.5, 0.6) is 0 Å². The number of fused-ring (bicyclic) bond motifs is 1. The first kappa shape index (κ1) is 11.9. The maximum atomic E-state index is 13.6. The Hall–Kier alpha value is -2.13. The van der Waals surface area contributed by atoms with Crippen LogP contribution in [0.15, 0.2) is 52.9 Å². The Balaban J connectivity index is 2.09. The van der Waals surface area contributed by atoms with Crippen molar-refractivity contribution in [2.75, 3.05) is 0 Å². The van der Waals surface area contributed by atoms with E-state index in [0.29, 0.717) is 16.0 Å². The van der Waals surface area contributed by atoms with Crippen molar-refractivity contribution in [1.29, 1.82) is 0 Å². The SMILES string of the molecule is O=C(c1cc2cc(Cl)ccc2o1)c1ccccc1F. The lowest BCUT2D eigenvalue weighted by Crippen LogP contribution is -2.02. The van der Waals surface area contributed by atoms with Gasteiger partial charge in [0.15, 0.2) is 5.76 Å². The Morgan fingerprint density at radius 3 is 2.68 bits per heavy atom. The van der Waals surface area contributed by atoms with Crippen LogP contribution in [0.3, 0.4) is 0 Å². The molecule has 0 saturated carbocycles. The number of ketones is 1. The van der Waals surface area contributed by atoms with E-state index in [9.17, 15) is 9.18 Å². The van der Waals surface area contributed by atoms with Crippen LogP contribution in [-0.4, -0.2) is 5.78 Å². The first-order valence-corrected chi connectivity index (χ1v) is 6.01. The van der Waals surface area contributed by atoms with E-state index in [1.165, 1.54) is 18.2 Å². The first-order chi connectivity index (χ1) is 9.15. The van der Waals surface area contributed by atoms with Crippen LogP contribution in [0.1, 0.15) is 16.1 Å². The second kappa shape index (κ2) is 4.52. The summed E-state index contributed by atoms with van der Waals surface area (Å²) in [6.07, 6.45) is 0. The van der Waals surface area contributed by atoms with Crippen LogP contribution in [0.25, 0.3) is 11.0 Å². The highest BCUT2D eigenvalue weighted by atomic mass is 35.5. The minimum Gasteiger partial charge on any atom is -0.453 e. The van der Waals surface area contributed by atoms with Crippen molar-refractivity contribution in [3.63, 3.8) is 0 Å². The minimum atomic E-state index is -0.564. The number of rotatable bonds is 2. The molecule has 1 aromatic heterocycles. The van der Waals surface area contributed by atoms with Crippen molar-refractivity contribution in [3.05, 3.63) is 70.7 Å². The number of furan rings is 1. The first-order valence-electron chi connectivity index (χ1n) is 5.63. The van der Waals surface area contributed by atoms with Crippen LogP contribution in [-0.2, 0) is 0 Å². The van der Waals surface area contributed by atoms with Gasteiger partial charge in [0.25, 0.3) is 0 Å². The van der Waals surface area contributed by atoms with E-state index < -0.39 is 11.6 Å². The molecule has 2 nitrogen and oxygen atoms in total. The Kier molecular flexibility index (Phi) is 2.84. The Bertz CT molecular complexity index is 777. The summed E-state index contributed by atoms with van der Waals surface area (Å²) in [5, 5.41) is 1.27. The largest absolute Gasteiger partial charge is 0.453 e. The fourth-order valence-electron chi connectivity index (χ4n) is 1.90. The molecule has 0 fully saturated rings. The van der Waals surface area contributed by atoms with Gasteiger partial charge in [0, 0.05) is 10.4 Å². The topological polar surface area (TPSA) is 30.2 Å². The Morgan fingerprint density at radius 1 is 1.11 bits per heavy atom. The molecule has 94 valence electrons. The van der Waals surface area contributed by atoms with Gasteiger partial charge in [0.05, 0.1) is 5.56 Å². The van der Waals surface area contributed by atoms with Gasteiger partial charge in [0.1, 0.15) is 11.4 Å². The number of carbonyl (C=O) groups excluding carboxylic acids is 1. The minimum absolute atomic E-state index is 0.00680. The van der Waals surface area contributed by atoms with Crippen molar-refractivity contribution in [1.82, 2.24) is 0 Å². The highest BCUT2D eigenvalue weighted by Crippen LogP contribution is 2.25. The normalized spacial score (nSPS) is 10.8. The molecule has 0 aliphatic rings. The van der Waals surface area contributed by atoms with Crippen molar-refractivity contribution in [2.24, 2.45) is 0 Å². The van der Waals surface area contributed by atoms with Gasteiger partial charge in [-0.05, 0) is 36.4 Å². The maximum Gasteiger partial charge on any atom is 0.231 e. The summed E-state index contributed by atoms with van der Waals surface area (Å²) in [5.74, 6) is -0.946. The fraction of sp³-hybridized carbons (Fsp3) is 0. The predicted octanol–water partition coefficient (Wildman–Crippen LogP) is 4.46. The summed E-state index contributed by atoms with van der Waals surface area (Å²) >= 11 is 5.86. The predicted molar refractivity (Wildman–Crippen MR) is 71.1 cm³/mol.